The normalized spacial score (nSPS) is 10.7. The summed E-state index contributed by atoms with van der Waals surface area (Å²) in [6.45, 7) is 5.34. The summed E-state index contributed by atoms with van der Waals surface area (Å²) >= 11 is 0. The highest BCUT2D eigenvalue weighted by Gasteiger charge is 2.22. The van der Waals surface area contributed by atoms with E-state index in [4.69, 9.17) is 10.4 Å². The molecule has 5 nitrogen and oxygen atoms in total. The molecular weight excluding hydrogens is 218 g/mol. The van der Waals surface area contributed by atoms with Gasteiger partial charge < -0.3 is 10.4 Å². The number of hydrogen-bond acceptors (Lipinski definition) is 4. The molecule has 1 heterocycles. The van der Waals surface area contributed by atoms with E-state index in [1.165, 1.54) is 0 Å². The van der Waals surface area contributed by atoms with Crippen LogP contribution in [0.3, 0.4) is 0 Å². The Morgan fingerprint density at radius 3 is 2.76 bits per heavy atom. The maximum atomic E-state index is 10.7. The van der Waals surface area contributed by atoms with Gasteiger partial charge >= 0.3 is 5.97 Å². The largest absolute Gasteiger partial charge is 0.481 e. The molecule has 0 spiro atoms. The molecule has 0 bridgehead atoms. The van der Waals surface area contributed by atoms with Crippen molar-refractivity contribution < 1.29 is 9.90 Å². The molecule has 0 aromatic carbocycles. The summed E-state index contributed by atoms with van der Waals surface area (Å²) in [4.78, 5) is 14.9. The van der Waals surface area contributed by atoms with Crippen LogP contribution in [0.1, 0.15) is 31.5 Å². The van der Waals surface area contributed by atoms with Gasteiger partial charge in [-0.15, -0.1) is 0 Å². The van der Waals surface area contributed by atoms with Crippen molar-refractivity contribution in [2.24, 2.45) is 0 Å². The Kier molecular flexibility index (Phi) is 3.69. The molecule has 17 heavy (non-hydrogen) atoms. The molecule has 0 fully saturated rings. The first-order valence-corrected chi connectivity index (χ1v) is 5.21. The van der Waals surface area contributed by atoms with Gasteiger partial charge in [-0.2, -0.15) is 5.26 Å². The van der Waals surface area contributed by atoms with Crippen LogP contribution in [0.15, 0.2) is 12.1 Å². The third kappa shape index (κ3) is 4.11. The number of carboxylic acid groups (broad SMARTS) is 1. The molecule has 0 radical (unpaired) electrons. The summed E-state index contributed by atoms with van der Waals surface area (Å²) < 4.78 is 0. The average molecular weight is 233 g/mol. The zero-order chi connectivity index (χ0) is 13.1. The van der Waals surface area contributed by atoms with E-state index >= 15 is 0 Å². The number of rotatable bonds is 4. The highest BCUT2D eigenvalue weighted by molar-refractivity contribution is 5.69. The van der Waals surface area contributed by atoms with Gasteiger partial charge in [-0.1, -0.05) is 0 Å². The zero-order valence-electron chi connectivity index (χ0n) is 10.1. The number of aryl methyl sites for hydroxylation is 1. The Bertz CT molecular complexity index is 475. The van der Waals surface area contributed by atoms with Gasteiger partial charge in [-0.05, 0) is 32.9 Å². The number of nitrogens with one attached hydrogen (secondary N) is 1. The molecule has 1 aromatic heterocycles. The first kappa shape index (κ1) is 13.0. The van der Waals surface area contributed by atoms with Crippen LogP contribution in [0.2, 0.25) is 0 Å². The van der Waals surface area contributed by atoms with Crippen molar-refractivity contribution in [3.8, 4) is 6.07 Å². The van der Waals surface area contributed by atoms with E-state index in [2.05, 4.69) is 10.3 Å². The number of carbonyl (C=O) groups is 1. The molecule has 0 aliphatic heterocycles. The lowest BCUT2D eigenvalue weighted by molar-refractivity contribution is -0.137. The van der Waals surface area contributed by atoms with Crippen molar-refractivity contribution >= 4 is 11.8 Å². The van der Waals surface area contributed by atoms with Crippen LogP contribution in [0.25, 0.3) is 0 Å². The summed E-state index contributed by atoms with van der Waals surface area (Å²) in [5, 5.41) is 20.6. The van der Waals surface area contributed by atoms with Gasteiger partial charge in [0.05, 0.1) is 18.1 Å². The molecule has 0 amide bonds. The average Bonchev–Trinajstić information content (AvgIpc) is 2.13. The lowest BCUT2D eigenvalue weighted by Crippen LogP contribution is -2.34. The third-order valence-corrected chi connectivity index (χ3v) is 2.14. The minimum Gasteiger partial charge on any atom is -0.481 e. The lowest BCUT2D eigenvalue weighted by atomic mass is 10.0. The van der Waals surface area contributed by atoms with E-state index in [-0.39, 0.29) is 6.42 Å². The van der Waals surface area contributed by atoms with Crippen LogP contribution in [-0.2, 0) is 4.79 Å². The van der Waals surface area contributed by atoms with Crippen LogP contribution < -0.4 is 5.32 Å². The van der Waals surface area contributed by atoms with Crippen molar-refractivity contribution in [2.75, 3.05) is 5.32 Å². The van der Waals surface area contributed by atoms with Gasteiger partial charge in [0.1, 0.15) is 5.82 Å². The molecule has 0 atom stereocenters. The molecule has 0 aliphatic rings. The summed E-state index contributed by atoms with van der Waals surface area (Å²) in [5.74, 6) is -0.358. The summed E-state index contributed by atoms with van der Waals surface area (Å²) in [7, 11) is 0. The standard InChI is InChI=1S/C12H15N3O2/c1-8-4-9(7-13)5-10(14-8)15-12(2,3)6-11(16)17/h4-5H,6H2,1-3H3,(H,14,15)(H,16,17). The maximum absolute atomic E-state index is 10.7. The highest BCUT2D eigenvalue weighted by atomic mass is 16.4. The molecule has 90 valence electrons. The first-order valence-electron chi connectivity index (χ1n) is 5.21. The maximum Gasteiger partial charge on any atom is 0.305 e. The minimum atomic E-state index is -0.879. The Morgan fingerprint density at radius 2 is 2.24 bits per heavy atom. The molecule has 0 saturated carbocycles. The summed E-state index contributed by atoms with van der Waals surface area (Å²) in [5.41, 5.74) is 0.614. The number of aliphatic carboxylic acids is 1. The second kappa shape index (κ2) is 4.83. The van der Waals surface area contributed by atoms with Crippen LogP contribution in [0, 0.1) is 18.3 Å². The number of hydrogen-bond donors (Lipinski definition) is 2. The number of carboxylic acids is 1. The Morgan fingerprint density at radius 1 is 1.59 bits per heavy atom. The van der Waals surface area contributed by atoms with Gasteiger partial charge in [-0.25, -0.2) is 4.98 Å². The molecular formula is C12H15N3O2. The fraction of sp³-hybridized carbons (Fsp3) is 0.417. The van der Waals surface area contributed by atoms with Crippen LogP contribution in [-0.4, -0.2) is 21.6 Å². The van der Waals surface area contributed by atoms with E-state index < -0.39 is 11.5 Å². The van der Waals surface area contributed by atoms with E-state index in [0.717, 1.165) is 5.69 Å². The van der Waals surface area contributed by atoms with E-state index in [9.17, 15) is 4.79 Å². The first-order chi connectivity index (χ1) is 7.82. The SMILES string of the molecule is Cc1cc(C#N)cc(NC(C)(C)CC(=O)O)n1. The predicted octanol–water partition coefficient (Wildman–Crippen LogP) is 1.93. The second-order valence-corrected chi connectivity index (χ2v) is 4.57. The third-order valence-electron chi connectivity index (χ3n) is 2.14. The van der Waals surface area contributed by atoms with Crippen LogP contribution in [0.4, 0.5) is 5.82 Å². The van der Waals surface area contributed by atoms with Crippen molar-refractivity contribution in [1.29, 1.82) is 5.26 Å². The number of nitriles is 1. The molecule has 1 rings (SSSR count). The van der Waals surface area contributed by atoms with Crippen LogP contribution in [0.5, 0.6) is 0 Å². The van der Waals surface area contributed by atoms with E-state index in [1.54, 1.807) is 32.9 Å². The summed E-state index contributed by atoms with van der Waals surface area (Å²) in [6.07, 6.45) is -0.0233. The fourth-order valence-corrected chi connectivity index (χ4v) is 1.57. The van der Waals surface area contributed by atoms with Gasteiger partial charge in [0.25, 0.3) is 0 Å². The van der Waals surface area contributed by atoms with Gasteiger partial charge in [-0.3, -0.25) is 4.79 Å². The lowest BCUT2D eigenvalue weighted by Gasteiger charge is -2.25. The van der Waals surface area contributed by atoms with Crippen LogP contribution >= 0.6 is 0 Å². The summed E-state index contributed by atoms with van der Waals surface area (Å²) in [6, 6.07) is 5.32. The highest BCUT2D eigenvalue weighted by Crippen LogP contribution is 2.18. The molecule has 0 saturated heterocycles. The van der Waals surface area contributed by atoms with Gasteiger partial charge in [0.15, 0.2) is 0 Å². The molecule has 1 aromatic rings. The second-order valence-electron chi connectivity index (χ2n) is 4.57. The Hall–Kier alpha value is -2.09. The van der Waals surface area contributed by atoms with Crippen molar-refractivity contribution in [2.45, 2.75) is 32.7 Å². The molecule has 2 N–H and O–H groups in total. The van der Waals surface area contributed by atoms with Crippen molar-refractivity contribution in [3.63, 3.8) is 0 Å². The molecule has 0 aliphatic carbocycles. The minimum absolute atomic E-state index is 0.0233. The van der Waals surface area contributed by atoms with Crippen molar-refractivity contribution in [3.05, 3.63) is 23.4 Å². The van der Waals surface area contributed by atoms with Gasteiger partial charge in [0, 0.05) is 11.2 Å². The van der Waals surface area contributed by atoms with Crippen molar-refractivity contribution in [1.82, 2.24) is 4.98 Å². The smallest absolute Gasteiger partial charge is 0.305 e. The fourth-order valence-electron chi connectivity index (χ4n) is 1.57. The number of pyridine rings is 1. The monoisotopic (exact) mass is 233 g/mol. The quantitative estimate of drug-likeness (QED) is 0.829. The van der Waals surface area contributed by atoms with Gasteiger partial charge in [0.2, 0.25) is 0 Å². The number of anilines is 1. The van der Waals surface area contributed by atoms with E-state index in [0.29, 0.717) is 11.4 Å². The Balaban J connectivity index is 2.91. The topological polar surface area (TPSA) is 86.0 Å². The zero-order valence-corrected chi connectivity index (χ0v) is 10.1. The van der Waals surface area contributed by atoms with E-state index in [1.807, 2.05) is 6.07 Å². The molecule has 0 unspecified atom stereocenters. The Labute approximate surface area is 100 Å². The number of aromatic nitrogens is 1. The molecule has 5 heteroatoms. The number of nitrogens with zero attached hydrogens (tertiary/aromatic N) is 2. The predicted molar refractivity (Wildman–Crippen MR) is 63.6 cm³/mol.